The molecule has 0 N–H and O–H groups in total. The highest BCUT2D eigenvalue weighted by atomic mass is 32.1. The number of carbonyl (C=O) groups is 1. The molecule has 2 aromatic rings. The van der Waals surface area contributed by atoms with Gasteiger partial charge in [-0.2, -0.15) is 0 Å². The van der Waals surface area contributed by atoms with Gasteiger partial charge in [0.05, 0.1) is 7.11 Å². The highest BCUT2D eigenvalue weighted by molar-refractivity contribution is 7.09. The predicted molar refractivity (Wildman–Crippen MR) is 94.2 cm³/mol. The average molecular weight is 365 g/mol. The summed E-state index contributed by atoms with van der Waals surface area (Å²) in [5.74, 6) is -2.57. The monoisotopic (exact) mass is 365 g/mol. The van der Waals surface area contributed by atoms with Crippen molar-refractivity contribution in [2.24, 2.45) is 0 Å². The largest absolute Gasteiger partial charge is 0.496 e. The molecule has 1 aliphatic heterocycles. The molecule has 1 aliphatic rings. The number of aryl methyl sites for hydroxylation is 1. The summed E-state index contributed by atoms with van der Waals surface area (Å²) in [6, 6.07) is 6.41. The number of ether oxygens (including phenoxy) is 1. The number of benzene rings is 1. The van der Waals surface area contributed by atoms with Gasteiger partial charge in [-0.1, -0.05) is 6.07 Å². The Hall–Kier alpha value is -1.95. The Morgan fingerprint density at radius 1 is 1.32 bits per heavy atom. The zero-order chi connectivity index (χ0) is 17.8. The number of rotatable bonds is 5. The maximum Gasteiger partial charge on any atom is 0.260 e. The summed E-state index contributed by atoms with van der Waals surface area (Å²) >= 11 is 1.69. The highest BCUT2D eigenvalue weighted by Gasteiger charge is 2.31. The third kappa shape index (κ3) is 3.84. The van der Waals surface area contributed by atoms with Gasteiger partial charge in [-0.3, -0.25) is 4.79 Å². The highest BCUT2D eigenvalue weighted by Crippen LogP contribution is 2.29. The molecule has 3 nitrogen and oxygen atoms in total. The van der Waals surface area contributed by atoms with Gasteiger partial charge in [0, 0.05) is 17.5 Å². The molecule has 1 fully saturated rings. The van der Waals surface area contributed by atoms with E-state index < -0.39 is 17.5 Å². The normalized spacial score (nSPS) is 17.6. The third-order valence-corrected chi connectivity index (χ3v) is 5.62. The number of halogens is 2. The fraction of sp³-hybridized carbons (Fsp3) is 0.421. The quantitative estimate of drug-likeness (QED) is 0.771. The van der Waals surface area contributed by atoms with Crippen molar-refractivity contribution in [3.63, 3.8) is 0 Å². The first-order valence-corrected chi connectivity index (χ1v) is 9.35. The number of likely N-dealkylation sites (tertiary alicyclic amines) is 1. The summed E-state index contributed by atoms with van der Waals surface area (Å²) in [5, 5.41) is 2.03. The molecule has 1 amide bonds. The maximum absolute atomic E-state index is 14.3. The van der Waals surface area contributed by atoms with E-state index in [0.29, 0.717) is 6.54 Å². The SMILES string of the molecule is COc1ccc(F)c(F)c1C(=O)N1CCCCC1CCc1cccs1. The summed E-state index contributed by atoms with van der Waals surface area (Å²) in [6.45, 7) is 0.563. The topological polar surface area (TPSA) is 29.5 Å². The van der Waals surface area contributed by atoms with Gasteiger partial charge in [0.1, 0.15) is 11.3 Å². The van der Waals surface area contributed by atoms with Gasteiger partial charge in [0.25, 0.3) is 5.91 Å². The number of carbonyl (C=O) groups excluding carboxylic acids is 1. The summed E-state index contributed by atoms with van der Waals surface area (Å²) in [4.78, 5) is 15.9. The molecule has 2 heterocycles. The number of hydrogen-bond acceptors (Lipinski definition) is 3. The van der Waals surface area contributed by atoms with Crippen LogP contribution in [0.4, 0.5) is 8.78 Å². The number of amides is 1. The van der Waals surface area contributed by atoms with E-state index in [9.17, 15) is 13.6 Å². The zero-order valence-corrected chi connectivity index (χ0v) is 15.0. The van der Waals surface area contributed by atoms with Crippen LogP contribution in [0.2, 0.25) is 0 Å². The molecule has 3 rings (SSSR count). The fourth-order valence-corrected chi connectivity index (χ4v) is 4.10. The first-order chi connectivity index (χ1) is 12.1. The maximum atomic E-state index is 14.3. The van der Waals surface area contributed by atoms with Crippen LogP contribution < -0.4 is 4.74 Å². The summed E-state index contributed by atoms with van der Waals surface area (Å²) < 4.78 is 33.0. The Kier molecular flexibility index (Phi) is 5.68. The van der Waals surface area contributed by atoms with Crippen LogP contribution >= 0.6 is 11.3 Å². The zero-order valence-electron chi connectivity index (χ0n) is 14.1. The van der Waals surface area contributed by atoms with E-state index in [1.165, 1.54) is 18.1 Å². The summed E-state index contributed by atoms with van der Waals surface area (Å²) in [5.41, 5.74) is -0.300. The van der Waals surface area contributed by atoms with Crippen molar-refractivity contribution in [1.82, 2.24) is 4.90 Å². The lowest BCUT2D eigenvalue weighted by molar-refractivity contribution is 0.0592. The lowest BCUT2D eigenvalue weighted by Crippen LogP contribution is -2.44. The molecular formula is C19H21F2NO2S. The number of piperidine rings is 1. The van der Waals surface area contributed by atoms with Gasteiger partial charge in [0.2, 0.25) is 0 Å². The summed E-state index contributed by atoms with van der Waals surface area (Å²) in [7, 11) is 1.36. The van der Waals surface area contributed by atoms with Crippen LogP contribution in [0.25, 0.3) is 0 Å². The van der Waals surface area contributed by atoms with Crippen LogP contribution in [-0.2, 0) is 6.42 Å². The molecule has 0 spiro atoms. The number of methoxy groups -OCH3 is 1. The molecule has 1 atom stereocenters. The van der Waals surface area contributed by atoms with Gasteiger partial charge in [-0.05, 0) is 55.7 Å². The van der Waals surface area contributed by atoms with Crippen molar-refractivity contribution >= 4 is 17.2 Å². The molecule has 6 heteroatoms. The molecule has 1 unspecified atom stereocenters. The molecule has 134 valence electrons. The molecule has 0 aliphatic carbocycles. The summed E-state index contributed by atoms with van der Waals surface area (Å²) in [6.07, 6.45) is 4.51. The van der Waals surface area contributed by atoms with Crippen molar-refractivity contribution in [2.45, 2.75) is 38.1 Å². The van der Waals surface area contributed by atoms with E-state index in [-0.39, 0.29) is 17.4 Å². The van der Waals surface area contributed by atoms with E-state index >= 15 is 0 Å². The van der Waals surface area contributed by atoms with Gasteiger partial charge in [-0.15, -0.1) is 11.3 Å². The van der Waals surface area contributed by atoms with Crippen LogP contribution in [0.15, 0.2) is 29.6 Å². The molecular weight excluding hydrogens is 344 g/mol. The molecule has 0 saturated carbocycles. The van der Waals surface area contributed by atoms with Crippen molar-refractivity contribution in [3.05, 3.63) is 51.7 Å². The lowest BCUT2D eigenvalue weighted by Gasteiger charge is -2.36. The standard InChI is InChI=1S/C19H21F2NO2S/c1-24-16-10-9-15(20)18(21)17(16)19(23)22-11-3-2-5-13(22)7-8-14-6-4-12-25-14/h4,6,9-10,12-13H,2-3,5,7-8,11H2,1H3. The Balaban J connectivity index is 1.82. The van der Waals surface area contributed by atoms with Gasteiger partial charge in [-0.25, -0.2) is 8.78 Å². The van der Waals surface area contributed by atoms with Crippen LogP contribution in [0.5, 0.6) is 5.75 Å². The average Bonchev–Trinajstić information content (AvgIpc) is 3.15. The minimum Gasteiger partial charge on any atom is -0.496 e. The van der Waals surface area contributed by atoms with Gasteiger partial charge in [0.15, 0.2) is 11.6 Å². The second kappa shape index (κ2) is 7.95. The number of hydrogen-bond donors (Lipinski definition) is 0. The molecule has 1 saturated heterocycles. The van der Waals surface area contributed by atoms with Crippen LogP contribution in [-0.4, -0.2) is 30.5 Å². The first kappa shape index (κ1) is 17.9. The Morgan fingerprint density at radius 2 is 2.16 bits per heavy atom. The van der Waals surface area contributed by atoms with Crippen LogP contribution in [0.3, 0.4) is 0 Å². The van der Waals surface area contributed by atoms with Gasteiger partial charge >= 0.3 is 0 Å². The predicted octanol–water partition coefficient (Wildman–Crippen LogP) is 4.66. The van der Waals surface area contributed by atoms with Crippen LogP contribution in [0.1, 0.15) is 40.9 Å². The third-order valence-electron chi connectivity index (χ3n) is 4.68. The van der Waals surface area contributed by atoms with E-state index in [2.05, 4.69) is 6.07 Å². The fourth-order valence-electron chi connectivity index (χ4n) is 3.38. The molecule has 0 radical (unpaired) electrons. The van der Waals surface area contributed by atoms with Crippen molar-refractivity contribution < 1.29 is 18.3 Å². The van der Waals surface area contributed by atoms with Crippen molar-refractivity contribution in [3.8, 4) is 5.75 Å². The minimum absolute atomic E-state index is 0.0377. The second-order valence-corrected chi connectivity index (χ2v) is 7.24. The first-order valence-electron chi connectivity index (χ1n) is 8.47. The van der Waals surface area contributed by atoms with Gasteiger partial charge < -0.3 is 9.64 Å². The Morgan fingerprint density at radius 3 is 2.88 bits per heavy atom. The molecule has 0 bridgehead atoms. The number of nitrogens with zero attached hydrogens (tertiary/aromatic N) is 1. The van der Waals surface area contributed by atoms with Crippen molar-refractivity contribution in [1.29, 1.82) is 0 Å². The Bertz CT molecular complexity index is 733. The van der Waals surface area contributed by atoms with E-state index in [1.54, 1.807) is 16.2 Å². The molecule has 1 aromatic carbocycles. The van der Waals surface area contributed by atoms with E-state index in [4.69, 9.17) is 4.74 Å². The molecule has 1 aromatic heterocycles. The van der Waals surface area contributed by atoms with Crippen LogP contribution in [0, 0.1) is 11.6 Å². The second-order valence-electron chi connectivity index (χ2n) is 6.20. The number of thiophene rings is 1. The minimum atomic E-state index is -1.13. The Labute approximate surface area is 150 Å². The smallest absolute Gasteiger partial charge is 0.260 e. The lowest BCUT2D eigenvalue weighted by atomic mass is 9.96. The van der Waals surface area contributed by atoms with Crippen molar-refractivity contribution in [2.75, 3.05) is 13.7 Å². The molecule has 25 heavy (non-hydrogen) atoms. The van der Waals surface area contributed by atoms with E-state index in [0.717, 1.165) is 38.2 Å². The van der Waals surface area contributed by atoms with E-state index in [1.807, 2.05) is 11.4 Å².